The van der Waals surface area contributed by atoms with Crippen LogP contribution < -0.4 is 0 Å². The highest BCUT2D eigenvalue weighted by Crippen LogP contribution is 2.63. The summed E-state index contributed by atoms with van der Waals surface area (Å²) in [6.07, 6.45) is 7.44. The van der Waals surface area contributed by atoms with Crippen LogP contribution in [-0.4, -0.2) is 12.1 Å². The molecule has 2 aliphatic carbocycles. The highest BCUT2D eigenvalue weighted by atomic mass is 16.3. The second-order valence-corrected chi connectivity index (χ2v) is 6.35. The average Bonchev–Trinajstić information content (AvgIpc) is 2.60. The Morgan fingerprint density at radius 1 is 1.22 bits per heavy atom. The normalized spacial score (nSPS) is 43.4. The van der Waals surface area contributed by atoms with E-state index in [2.05, 4.69) is 24.2 Å². The molecule has 0 heterocycles. The summed E-state index contributed by atoms with van der Waals surface area (Å²) in [4.78, 5) is 22.4. The lowest BCUT2D eigenvalue weighted by Gasteiger charge is -2.47. The zero-order valence-electron chi connectivity index (χ0n) is 11.5. The van der Waals surface area contributed by atoms with E-state index in [1.54, 1.807) is 0 Å². The summed E-state index contributed by atoms with van der Waals surface area (Å²) in [6, 6.07) is 0. The van der Waals surface area contributed by atoms with Crippen LogP contribution in [0.2, 0.25) is 0 Å². The van der Waals surface area contributed by atoms with Crippen molar-refractivity contribution in [3.05, 3.63) is 9.81 Å². The van der Waals surface area contributed by atoms with Crippen LogP contribution in [-0.2, 0) is 0 Å². The summed E-state index contributed by atoms with van der Waals surface area (Å²) >= 11 is 0. The van der Waals surface area contributed by atoms with Gasteiger partial charge in [0.15, 0.2) is 0 Å². The fourth-order valence-electron chi connectivity index (χ4n) is 4.97. The Labute approximate surface area is 109 Å². The Morgan fingerprint density at radius 2 is 1.94 bits per heavy atom. The molecule has 18 heavy (non-hydrogen) atoms. The first-order valence-electron chi connectivity index (χ1n) is 7.29. The van der Waals surface area contributed by atoms with Crippen LogP contribution in [0.1, 0.15) is 58.8 Å². The van der Waals surface area contributed by atoms with E-state index < -0.39 is 5.54 Å². The first kappa shape index (κ1) is 13.6. The van der Waals surface area contributed by atoms with Gasteiger partial charge >= 0.3 is 0 Å². The van der Waals surface area contributed by atoms with Gasteiger partial charge in [-0.3, -0.25) is 0 Å². The molecule has 0 aromatic carbocycles. The average molecular weight is 252 g/mol. The monoisotopic (exact) mass is 252 g/mol. The van der Waals surface area contributed by atoms with Gasteiger partial charge in [0.1, 0.15) is 5.54 Å². The molecule has 0 spiro atoms. The maximum atomic E-state index is 11.7. The predicted molar refractivity (Wildman–Crippen MR) is 72.3 cm³/mol. The predicted octanol–water partition coefficient (Wildman–Crippen LogP) is 4.27. The van der Waals surface area contributed by atoms with Gasteiger partial charge in [0.25, 0.3) is 0 Å². The molecule has 0 radical (unpaired) electrons. The number of nitroso groups, excluding NO2 is 2. The number of fused-ring (bicyclic) bond motifs is 1. The number of hydrogen-bond acceptors (Lipinski definition) is 4. The topological polar surface area (TPSA) is 58.9 Å². The SMILES string of the molecule is CCCC12CCCCC1(N=O)C(CN=O)C(C)C2. The van der Waals surface area contributed by atoms with Gasteiger partial charge in [0.05, 0.1) is 6.54 Å². The molecule has 102 valence electrons. The van der Waals surface area contributed by atoms with E-state index in [4.69, 9.17) is 0 Å². The Morgan fingerprint density at radius 3 is 2.56 bits per heavy atom. The Kier molecular flexibility index (Phi) is 3.83. The second-order valence-electron chi connectivity index (χ2n) is 6.35. The van der Waals surface area contributed by atoms with Crippen molar-refractivity contribution < 1.29 is 0 Å². The second kappa shape index (κ2) is 5.06. The quantitative estimate of drug-likeness (QED) is 0.686. The summed E-state index contributed by atoms with van der Waals surface area (Å²) in [5, 5.41) is 6.73. The largest absolute Gasteiger partial charge is 0.151 e. The van der Waals surface area contributed by atoms with E-state index >= 15 is 0 Å². The summed E-state index contributed by atoms with van der Waals surface area (Å²) in [6.45, 7) is 4.60. The molecule has 2 saturated carbocycles. The molecule has 0 saturated heterocycles. The molecule has 2 fully saturated rings. The van der Waals surface area contributed by atoms with E-state index in [-0.39, 0.29) is 17.9 Å². The molecule has 4 atom stereocenters. The number of hydrogen-bond donors (Lipinski definition) is 0. The Hall–Kier alpha value is -0.800. The van der Waals surface area contributed by atoms with Crippen molar-refractivity contribution in [3.63, 3.8) is 0 Å². The van der Waals surface area contributed by atoms with E-state index in [0.29, 0.717) is 5.92 Å². The van der Waals surface area contributed by atoms with Crippen molar-refractivity contribution in [2.75, 3.05) is 6.54 Å². The van der Waals surface area contributed by atoms with Crippen molar-refractivity contribution in [1.29, 1.82) is 0 Å². The standard InChI is InChI=1S/C14H24N2O2/c1-3-6-13-7-4-5-8-14(13,16-18)12(10-15-17)11(2)9-13/h11-12H,3-10H2,1-2H3. The molecule has 2 aliphatic rings. The zero-order chi connectivity index (χ0) is 13.2. The van der Waals surface area contributed by atoms with E-state index in [0.717, 1.165) is 38.5 Å². The lowest BCUT2D eigenvalue weighted by atomic mass is 9.59. The van der Waals surface area contributed by atoms with Gasteiger partial charge in [-0.05, 0) is 37.0 Å². The molecule has 0 amide bonds. The van der Waals surface area contributed by atoms with E-state index in [1.165, 1.54) is 6.42 Å². The van der Waals surface area contributed by atoms with Crippen molar-refractivity contribution in [3.8, 4) is 0 Å². The van der Waals surface area contributed by atoms with Crippen LogP contribution in [0.15, 0.2) is 10.4 Å². The molecular weight excluding hydrogens is 228 g/mol. The van der Waals surface area contributed by atoms with Crippen LogP contribution in [0.4, 0.5) is 0 Å². The first-order valence-corrected chi connectivity index (χ1v) is 7.29. The van der Waals surface area contributed by atoms with Crippen molar-refractivity contribution in [1.82, 2.24) is 0 Å². The number of rotatable bonds is 5. The Bertz CT molecular complexity index is 330. The van der Waals surface area contributed by atoms with Crippen LogP contribution in [0.25, 0.3) is 0 Å². The minimum atomic E-state index is -0.505. The van der Waals surface area contributed by atoms with Crippen LogP contribution in [0.5, 0.6) is 0 Å². The molecule has 0 aromatic heterocycles. The third-order valence-electron chi connectivity index (χ3n) is 5.56. The van der Waals surface area contributed by atoms with Gasteiger partial charge in [-0.1, -0.05) is 43.5 Å². The third-order valence-corrected chi connectivity index (χ3v) is 5.56. The van der Waals surface area contributed by atoms with Crippen molar-refractivity contribution in [2.45, 2.75) is 64.3 Å². The van der Waals surface area contributed by atoms with Gasteiger partial charge in [-0.15, -0.1) is 0 Å². The minimum absolute atomic E-state index is 0.0521. The molecule has 4 unspecified atom stereocenters. The summed E-state index contributed by atoms with van der Waals surface area (Å²) in [5.41, 5.74) is -0.453. The molecule has 4 heteroatoms. The van der Waals surface area contributed by atoms with Gasteiger partial charge in [-0.2, -0.15) is 9.81 Å². The fourth-order valence-corrected chi connectivity index (χ4v) is 4.97. The number of nitrogens with zero attached hydrogens (tertiary/aromatic N) is 2. The highest BCUT2D eigenvalue weighted by molar-refractivity contribution is 5.16. The van der Waals surface area contributed by atoms with Gasteiger partial charge < -0.3 is 0 Å². The smallest absolute Gasteiger partial charge is 0.113 e. The van der Waals surface area contributed by atoms with Crippen molar-refractivity contribution in [2.24, 2.45) is 27.6 Å². The molecule has 0 N–H and O–H groups in total. The molecule has 2 rings (SSSR count). The molecule has 0 aliphatic heterocycles. The molecule has 0 bridgehead atoms. The van der Waals surface area contributed by atoms with Gasteiger partial charge in [0.2, 0.25) is 0 Å². The van der Waals surface area contributed by atoms with Gasteiger partial charge in [0, 0.05) is 5.92 Å². The zero-order valence-corrected chi connectivity index (χ0v) is 11.5. The van der Waals surface area contributed by atoms with Crippen LogP contribution in [0.3, 0.4) is 0 Å². The lowest BCUT2D eigenvalue weighted by Crippen LogP contribution is -2.49. The van der Waals surface area contributed by atoms with Gasteiger partial charge in [-0.25, -0.2) is 0 Å². The minimum Gasteiger partial charge on any atom is -0.151 e. The summed E-state index contributed by atoms with van der Waals surface area (Å²) in [5.74, 6) is 0.462. The maximum Gasteiger partial charge on any atom is 0.113 e. The maximum absolute atomic E-state index is 11.7. The first-order chi connectivity index (χ1) is 8.65. The molecule has 0 aromatic rings. The fraction of sp³-hybridized carbons (Fsp3) is 1.00. The molecular formula is C14H24N2O2. The van der Waals surface area contributed by atoms with Crippen molar-refractivity contribution >= 4 is 0 Å². The third kappa shape index (κ3) is 1.72. The van der Waals surface area contributed by atoms with Crippen LogP contribution in [0, 0.1) is 27.1 Å². The molecule has 4 nitrogen and oxygen atoms in total. The summed E-state index contributed by atoms with van der Waals surface area (Å²) in [7, 11) is 0. The lowest BCUT2D eigenvalue weighted by molar-refractivity contribution is 0.0592. The highest BCUT2D eigenvalue weighted by Gasteiger charge is 2.64. The Balaban J connectivity index is 2.41. The van der Waals surface area contributed by atoms with E-state index in [9.17, 15) is 9.81 Å². The van der Waals surface area contributed by atoms with Crippen LogP contribution >= 0.6 is 0 Å². The summed E-state index contributed by atoms with van der Waals surface area (Å²) < 4.78 is 0. The van der Waals surface area contributed by atoms with E-state index in [1.807, 2.05) is 0 Å².